The summed E-state index contributed by atoms with van der Waals surface area (Å²) < 4.78 is 32.4. The molecule has 1 fully saturated rings. The first kappa shape index (κ1) is 27.2. The van der Waals surface area contributed by atoms with Crippen molar-refractivity contribution < 1.29 is 17.9 Å². The van der Waals surface area contributed by atoms with Crippen LogP contribution in [0.15, 0.2) is 41.3 Å². The van der Waals surface area contributed by atoms with Crippen molar-refractivity contribution in [2.75, 3.05) is 31.1 Å². The number of carbonyl (C=O) groups excluding carboxylic acids is 1. The standard InChI is InChI=1S/C24H28Cl2N6O4S/c1-4-32-23(15(2)21-20(37(27,34)35)9-8-19(25)22(21)26)28-29-24(32)36-18-7-5-6-17(14-18)31-12-10-30(11-13-31)16(3)33/h5-9,14-15H,4,10-13H2,1-3H3,(H2,27,34,35)/t15-/m1/s1. The minimum Gasteiger partial charge on any atom is -0.424 e. The van der Waals surface area contributed by atoms with Gasteiger partial charge in [0.2, 0.25) is 15.9 Å². The summed E-state index contributed by atoms with van der Waals surface area (Å²) in [5.41, 5.74) is 1.22. The molecule has 1 aliphatic rings. The van der Waals surface area contributed by atoms with E-state index in [2.05, 4.69) is 15.1 Å². The third-order valence-corrected chi connectivity index (χ3v) is 8.19. The number of nitrogens with zero attached hydrogens (tertiary/aromatic N) is 5. The minimum absolute atomic E-state index is 0.0795. The number of halogens is 2. The summed E-state index contributed by atoms with van der Waals surface area (Å²) in [4.78, 5) is 15.5. The van der Waals surface area contributed by atoms with Crippen molar-refractivity contribution in [3.63, 3.8) is 0 Å². The van der Waals surface area contributed by atoms with E-state index in [-0.39, 0.29) is 32.4 Å². The molecule has 2 N–H and O–H groups in total. The van der Waals surface area contributed by atoms with Gasteiger partial charge < -0.3 is 14.5 Å². The maximum atomic E-state index is 12.3. The number of carbonyl (C=O) groups is 1. The van der Waals surface area contributed by atoms with E-state index in [0.717, 1.165) is 18.8 Å². The molecule has 0 bridgehead atoms. The van der Waals surface area contributed by atoms with E-state index in [1.807, 2.05) is 36.1 Å². The van der Waals surface area contributed by atoms with Gasteiger partial charge in [0, 0.05) is 62.9 Å². The lowest BCUT2D eigenvalue weighted by Crippen LogP contribution is -2.48. The van der Waals surface area contributed by atoms with Crippen LogP contribution in [0.2, 0.25) is 10.0 Å². The largest absolute Gasteiger partial charge is 0.424 e. The Morgan fingerprint density at radius 2 is 1.84 bits per heavy atom. The SMILES string of the molecule is CCn1c(Oc2cccc(N3CCN(C(C)=O)CC3)c2)nnc1[C@H](C)c1c(S(N)(=O)=O)ccc(Cl)c1Cl. The molecule has 0 saturated carbocycles. The Hall–Kier alpha value is -2.86. The number of amides is 1. The third-order valence-electron chi connectivity index (χ3n) is 6.40. The lowest BCUT2D eigenvalue weighted by molar-refractivity contribution is -0.129. The van der Waals surface area contributed by atoms with Crippen LogP contribution in [-0.2, 0) is 21.4 Å². The molecule has 0 spiro atoms. The molecule has 1 aliphatic heterocycles. The van der Waals surface area contributed by atoms with Gasteiger partial charge in [-0.05, 0) is 31.2 Å². The predicted octanol–water partition coefficient (Wildman–Crippen LogP) is 3.86. The fourth-order valence-electron chi connectivity index (χ4n) is 4.45. The Morgan fingerprint density at radius 3 is 2.46 bits per heavy atom. The van der Waals surface area contributed by atoms with Crippen molar-refractivity contribution in [2.45, 2.75) is 38.1 Å². The van der Waals surface area contributed by atoms with E-state index in [0.29, 0.717) is 31.2 Å². The summed E-state index contributed by atoms with van der Waals surface area (Å²) in [5.74, 6) is 0.492. The lowest BCUT2D eigenvalue weighted by Gasteiger charge is -2.35. The first-order chi connectivity index (χ1) is 17.5. The fraction of sp³-hybridized carbons (Fsp3) is 0.375. The van der Waals surface area contributed by atoms with Gasteiger partial charge in [-0.3, -0.25) is 9.36 Å². The maximum absolute atomic E-state index is 12.3. The molecule has 10 nitrogen and oxygen atoms in total. The first-order valence-electron chi connectivity index (χ1n) is 11.7. The number of rotatable bonds is 7. The molecule has 198 valence electrons. The summed E-state index contributed by atoms with van der Waals surface area (Å²) in [6.45, 7) is 8.48. The van der Waals surface area contributed by atoms with Crippen LogP contribution in [0.25, 0.3) is 0 Å². The monoisotopic (exact) mass is 566 g/mol. The van der Waals surface area contributed by atoms with E-state index in [4.69, 9.17) is 33.1 Å². The Bertz CT molecular complexity index is 1420. The van der Waals surface area contributed by atoms with Crippen LogP contribution in [0.4, 0.5) is 5.69 Å². The molecule has 0 radical (unpaired) electrons. The summed E-state index contributed by atoms with van der Waals surface area (Å²) in [6, 6.07) is 10.6. The maximum Gasteiger partial charge on any atom is 0.322 e. The van der Waals surface area contributed by atoms with E-state index >= 15 is 0 Å². The van der Waals surface area contributed by atoms with Crippen LogP contribution in [0.5, 0.6) is 11.8 Å². The van der Waals surface area contributed by atoms with Crippen molar-refractivity contribution in [3.8, 4) is 11.8 Å². The highest BCUT2D eigenvalue weighted by molar-refractivity contribution is 7.89. The van der Waals surface area contributed by atoms with Crippen molar-refractivity contribution in [3.05, 3.63) is 57.8 Å². The van der Waals surface area contributed by atoms with Gasteiger partial charge >= 0.3 is 6.01 Å². The van der Waals surface area contributed by atoms with Gasteiger partial charge in [-0.1, -0.05) is 41.3 Å². The van der Waals surface area contributed by atoms with E-state index in [1.165, 1.54) is 12.1 Å². The molecule has 1 atom stereocenters. The number of aromatic nitrogens is 3. The quantitative estimate of drug-likeness (QED) is 0.460. The van der Waals surface area contributed by atoms with Crippen molar-refractivity contribution in [1.29, 1.82) is 0 Å². The van der Waals surface area contributed by atoms with Gasteiger partial charge in [0.1, 0.15) is 11.6 Å². The number of primary sulfonamides is 1. The van der Waals surface area contributed by atoms with Crippen LogP contribution in [0, 0.1) is 0 Å². The molecule has 2 aromatic carbocycles. The molecule has 0 aliphatic carbocycles. The second-order valence-corrected chi connectivity index (χ2v) is 11.0. The van der Waals surface area contributed by atoms with E-state index in [9.17, 15) is 13.2 Å². The highest BCUT2D eigenvalue weighted by atomic mass is 35.5. The minimum atomic E-state index is -4.07. The molecule has 1 saturated heterocycles. The summed E-state index contributed by atoms with van der Waals surface area (Å²) in [5, 5.41) is 14.3. The molecule has 0 unspecified atom stereocenters. The molecular formula is C24H28Cl2N6O4S. The van der Waals surface area contributed by atoms with Gasteiger partial charge in [0.05, 0.1) is 14.9 Å². The summed E-state index contributed by atoms with van der Waals surface area (Å²) >= 11 is 12.6. The van der Waals surface area contributed by atoms with Crippen LogP contribution >= 0.6 is 23.2 Å². The Morgan fingerprint density at radius 1 is 1.14 bits per heavy atom. The van der Waals surface area contributed by atoms with Crippen LogP contribution in [0.3, 0.4) is 0 Å². The number of hydrogen-bond acceptors (Lipinski definition) is 7. The normalized spacial score (nSPS) is 15.1. The molecule has 1 amide bonds. The predicted molar refractivity (Wildman–Crippen MR) is 142 cm³/mol. The zero-order valence-electron chi connectivity index (χ0n) is 20.7. The Kier molecular flexibility index (Phi) is 7.98. The van der Waals surface area contributed by atoms with Gasteiger partial charge in [-0.2, -0.15) is 0 Å². The molecule has 13 heteroatoms. The Balaban J connectivity index is 1.61. The lowest BCUT2D eigenvalue weighted by atomic mass is 10.00. The van der Waals surface area contributed by atoms with Gasteiger partial charge in [-0.25, -0.2) is 13.6 Å². The topological polar surface area (TPSA) is 124 Å². The molecule has 37 heavy (non-hydrogen) atoms. The third kappa shape index (κ3) is 5.69. The van der Waals surface area contributed by atoms with Crippen molar-refractivity contribution in [2.24, 2.45) is 5.14 Å². The fourth-order valence-corrected chi connectivity index (χ4v) is 5.84. The summed E-state index contributed by atoms with van der Waals surface area (Å²) in [7, 11) is -4.07. The number of benzene rings is 2. The molecule has 1 aromatic heterocycles. The van der Waals surface area contributed by atoms with Gasteiger partial charge in [0.15, 0.2) is 0 Å². The Labute approximate surface area is 226 Å². The second-order valence-electron chi connectivity index (χ2n) is 8.72. The van der Waals surface area contributed by atoms with Gasteiger partial charge in [0.25, 0.3) is 0 Å². The average Bonchev–Trinajstić information content (AvgIpc) is 3.27. The smallest absolute Gasteiger partial charge is 0.322 e. The number of hydrogen-bond donors (Lipinski definition) is 1. The number of ether oxygens (including phenoxy) is 1. The second kappa shape index (κ2) is 10.9. The highest BCUT2D eigenvalue weighted by Gasteiger charge is 2.28. The summed E-state index contributed by atoms with van der Waals surface area (Å²) in [6.07, 6.45) is 0. The number of sulfonamides is 1. The highest BCUT2D eigenvalue weighted by Crippen LogP contribution is 2.39. The zero-order valence-corrected chi connectivity index (χ0v) is 23.0. The van der Waals surface area contributed by atoms with Crippen LogP contribution < -0.4 is 14.8 Å². The van der Waals surface area contributed by atoms with Crippen molar-refractivity contribution >= 4 is 44.8 Å². The van der Waals surface area contributed by atoms with Crippen LogP contribution in [0.1, 0.15) is 38.1 Å². The number of nitrogens with two attached hydrogens (primary N) is 1. The van der Waals surface area contributed by atoms with Crippen molar-refractivity contribution in [1.82, 2.24) is 19.7 Å². The van der Waals surface area contributed by atoms with Crippen LogP contribution in [-0.4, -0.2) is 60.2 Å². The number of anilines is 1. The number of piperazine rings is 1. The van der Waals surface area contributed by atoms with E-state index in [1.54, 1.807) is 18.4 Å². The molecule has 3 aromatic rings. The molecular weight excluding hydrogens is 539 g/mol. The zero-order chi connectivity index (χ0) is 26.9. The first-order valence-corrected chi connectivity index (χ1v) is 14.0. The van der Waals surface area contributed by atoms with Gasteiger partial charge in [-0.15, -0.1) is 5.10 Å². The average molecular weight is 567 g/mol. The molecule has 4 rings (SSSR count). The molecule has 2 heterocycles. The van der Waals surface area contributed by atoms with E-state index < -0.39 is 15.9 Å².